The van der Waals surface area contributed by atoms with Crippen LogP contribution in [0.3, 0.4) is 0 Å². The Kier molecular flexibility index (Phi) is 8.41. The molecular weight excluding hydrogens is 346 g/mol. The van der Waals surface area contributed by atoms with Gasteiger partial charge in [-0.3, -0.25) is 9.78 Å². The van der Waals surface area contributed by atoms with Crippen molar-refractivity contribution in [3.8, 4) is 11.1 Å². The fourth-order valence-corrected chi connectivity index (χ4v) is 3.09. The third-order valence-corrected chi connectivity index (χ3v) is 4.43. The van der Waals surface area contributed by atoms with Crippen molar-refractivity contribution in [1.29, 1.82) is 0 Å². The molecule has 0 fully saturated rings. The normalized spacial score (nSPS) is 10.0. The van der Waals surface area contributed by atoms with E-state index >= 15 is 0 Å². The SMILES string of the molecule is CC.Cc1cccc(C)c1-c1cncc(CCC(=O)OCc2ccccc2)c1. The minimum Gasteiger partial charge on any atom is -0.461 e. The van der Waals surface area contributed by atoms with Crippen LogP contribution in [0.4, 0.5) is 0 Å². The van der Waals surface area contributed by atoms with Crippen molar-refractivity contribution in [2.24, 2.45) is 0 Å². The summed E-state index contributed by atoms with van der Waals surface area (Å²) in [5.74, 6) is -0.189. The molecule has 0 atom stereocenters. The van der Waals surface area contributed by atoms with Gasteiger partial charge in [0.1, 0.15) is 6.61 Å². The number of aryl methyl sites for hydroxylation is 3. The Bertz CT molecular complexity index is 868. The predicted octanol–water partition coefficient (Wildman–Crippen LogP) is 6.07. The molecule has 0 aliphatic carbocycles. The standard InChI is InChI=1S/C23H23NO2.C2H6/c1-17-7-6-8-18(2)23(17)21-13-20(14-24-15-21)11-12-22(25)26-16-19-9-4-3-5-10-19;1-2/h3-10,13-15H,11-12,16H2,1-2H3;1-2H3. The van der Waals surface area contributed by atoms with Gasteiger partial charge in [0, 0.05) is 24.4 Å². The van der Waals surface area contributed by atoms with Crippen LogP contribution in [0.25, 0.3) is 11.1 Å². The van der Waals surface area contributed by atoms with Crippen molar-refractivity contribution in [2.75, 3.05) is 0 Å². The lowest BCUT2D eigenvalue weighted by atomic mass is 9.96. The van der Waals surface area contributed by atoms with Gasteiger partial charge in [-0.1, -0.05) is 62.4 Å². The molecule has 3 aromatic rings. The maximum atomic E-state index is 12.0. The minimum atomic E-state index is -0.189. The van der Waals surface area contributed by atoms with E-state index in [0.717, 1.165) is 16.7 Å². The molecular formula is C25H29NO2. The highest BCUT2D eigenvalue weighted by molar-refractivity contribution is 5.71. The Hall–Kier alpha value is -2.94. The number of pyridine rings is 1. The average molecular weight is 376 g/mol. The summed E-state index contributed by atoms with van der Waals surface area (Å²) in [4.78, 5) is 16.4. The molecule has 146 valence electrons. The van der Waals surface area contributed by atoms with E-state index in [0.29, 0.717) is 19.4 Å². The zero-order valence-electron chi connectivity index (χ0n) is 17.2. The predicted molar refractivity (Wildman–Crippen MR) is 115 cm³/mol. The molecule has 0 saturated carbocycles. The fourth-order valence-electron chi connectivity index (χ4n) is 3.09. The van der Waals surface area contributed by atoms with Gasteiger partial charge >= 0.3 is 5.97 Å². The van der Waals surface area contributed by atoms with Gasteiger partial charge in [-0.15, -0.1) is 0 Å². The number of ether oxygens (including phenoxy) is 1. The van der Waals surface area contributed by atoms with Crippen LogP contribution >= 0.6 is 0 Å². The van der Waals surface area contributed by atoms with E-state index in [9.17, 15) is 4.79 Å². The molecule has 0 radical (unpaired) electrons. The van der Waals surface area contributed by atoms with Crippen LogP contribution in [0.1, 0.15) is 42.5 Å². The number of carbonyl (C=O) groups excluding carboxylic acids is 1. The van der Waals surface area contributed by atoms with Crippen LogP contribution in [0.15, 0.2) is 67.0 Å². The molecule has 0 bridgehead atoms. The molecule has 3 nitrogen and oxygen atoms in total. The molecule has 0 amide bonds. The van der Waals surface area contributed by atoms with E-state index in [4.69, 9.17) is 4.74 Å². The average Bonchev–Trinajstić information content (AvgIpc) is 2.73. The second kappa shape index (κ2) is 11.0. The van der Waals surface area contributed by atoms with Crippen LogP contribution < -0.4 is 0 Å². The van der Waals surface area contributed by atoms with Crippen molar-refractivity contribution in [1.82, 2.24) is 4.98 Å². The number of carbonyl (C=O) groups is 1. The Morgan fingerprint density at radius 1 is 0.893 bits per heavy atom. The Morgan fingerprint density at radius 3 is 2.25 bits per heavy atom. The maximum absolute atomic E-state index is 12.0. The highest BCUT2D eigenvalue weighted by Crippen LogP contribution is 2.27. The minimum absolute atomic E-state index is 0.189. The first-order valence-corrected chi connectivity index (χ1v) is 9.83. The summed E-state index contributed by atoms with van der Waals surface area (Å²) in [7, 11) is 0. The van der Waals surface area contributed by atoms with Crippen LogP contribution in [0.2, 0.25) is 0 Å². The van der Waals surface area contributed by atoms with Crippen LogP contribution in [-0.2, 0) is 22.6 Å². The molecule has 3 heteroatoms. The van der Waals surface area contributed by atoms with Crippen LogP contribution in [-0.4, -0.2) is 11.0 Å². The molecule has 3 rings (SSSR count). The summed E-state index contributed by atoms with van der Waals surface area (Å²) in [5.41, 5.74) is 6.81. The molecule has 0 aliphatic heterocycles. The maximum Gasteiger partial charge on any atom is 0.306 e. The van der Waals surface area contributed by atoms with Crippen molar-refractivity contribution >= 4 is 5.97 Å². The van der Waals surface area contributed by atoms with Gasteiger partial charge in [0.25, 0.3) is 0 Å². The van der Waals surface area contributed by atoms with E-state index in [1.807, 2.05) is 56.6 Å². The molecule has 0 spiro atoms. The molecule has 0 saturated heterocycles. The molecule has 1 aromatic heterocycles. The van der Waals surface area contributed by atoms with Gasteiger partial charge < -0.3 is 4.74 Å². The number of hydrogen-bond acceptors (Lipinski definition) is 3. The van der Waals surface area contributed by atoms with Gasteiger partial charge in [0.2, 0.25) is 0 Å². The molecule has 0 aliphatic rings. The summed E-state index contributed by atoms with van der Waals surface area (Å²) < 4.78 is 5.34. The first-order chi connectivity index (χ1) is 13.6. The number of aromatic nitrogens is 1. The monoisotopic (exact) mass is 375 g/mol. The number of esters is 1. The fraction of sp³-hybridized carbons (Fsp3) is 0.280. The molecule has 2 aromatic carbocycles. The molecule has 28 heavy (non-hydrogen) atoms. The quantitative estimate of drug-likeness (QED) is 0.491. The van der Waals surface area contributed by atoms with Crippen molar-refractivity contribution in [3.63, 3.8) is 0 Å². The van der Waals surface area contributed by atoms with Gasteiger partial charge in [-0.05, 0) is 54.2 Å². The van der Waals surface area contributed by atoms with Crippen molar-refractivity contribution in [2.45, 2.75) is 47.1 Å². The number of benzene rings is 2. The lowest BCUT2D eigenvalue weighted by Gasteiger charge is -2.11. The molecule has 0 unspecified atom stereocenters. The third kappa shape index (κ3) is 6.05. The van der Waals surface area contributed by atoms with Crippen molar-refractivity contribution in [3.05, 3.63) is 89.2 Å². The number of rotatable bonds is 6. The topological polar surface area (TPSA) is 39.2 Å². The van der Waals surface area contributed by atoms with Crippen LogP contribution in [0.5, 0.6) is 0 Å². The van der Waals surface area contributed by atoms with E-state index < -0.39 is 0 Å². The first-order valence-electron chi connectivity index (χ1n) is 9.83. The third-order valence-electron chi connectivity index (χ3n) is 4.43. The van der Waals surface area contributed by atoms with Gasteiger partial charge in [0.15, 0.2) is 0 Å². The van der Waals surface area contributed by atoms with E-state index in [-0.39, 0.29) is 5.97 Å². The summed E-state index contributed by atoms with van der Waals surface area (Å²) in [6.45, 7) is 8.53. The largest absolute Gasteiger partial charge is 0.461 e. The van der Waals surface area contributed by atoms with E-state index in [1.165, 1.54) is 16.7 Å². The van der Waals surface area contributed by atoms with Crippen LogP contribution in [0, 0.1) is 13.8 Å². The summed E-state index contributed by atoms with van der Waals surface area (Å²) in [5, 5.41) is 0. The second-order valence-corrected chi connectivity index (χ2v) is 6.49. The van der Waals surface area contributed by atoms with Crippen molar-refractivity contribution < 1.29 is 9.53 Å². The summed E-state index contributed by atoms with van der Waals surface area (Å²) >= 11 is 0. The Balaban J connectivity index is 0.00000136. The smallest absolute Gasteiger partial charge is 0.306 e. The number of nitrogens with zero attached hydrogens (tertiary/aromatic N) is 1. The molecule has 1 heterocycles. The van der Waals surface area contributed by atoms with Gasteiger partial charge in [-0.25, -0.2) is 0 Å². The number of hydrogen-bond donors (Lipinski definition) is 0. The van der Waals surface area contributed by atoms with Gasteiger partial charge in [0.05, 0.1) is 0 Å². The zero-order valence-corrected chi connectivity index (χ0v) is 17.2. The highest BCUT2D eigenvalue weighted by atomic mass is 16.5. The summed E-state index contributed by atoms with van der Waals surface area (Å²) in [6.07, 6.45) is 4.68. The summed E-state index contributed by atoms with van der Waals surface area (Å²) in [6, 6.07) is 18.1. The van der Waals surface area contributed by atoms with Gasteiger partial charge in [-0.2, -0.15) is 0 Å². The van der Waals surface area contributed by atoms with E-state index in [2.05, 4.69) is 43.1 Å². The Morgan fingerprint density at radius 2 is 1.57 bits per heavy atom. The lowest BCUT2D eigenvalue weighted by molar-refractivity contribution is -0.144. The van der Waals surface area contributed by atoms with E-state index in [1.54, 1.807) is 0 Å². The highest BCUT2D eigenvalue weighted by Gasteiger charge is 2.09. The zero-order chi connectivity index (χ0) is 20.4. The second-order valence-electron chi connectivity index (χ2n) is 6.49. The molecule has 0 N–H and O–H groups in total. The first kappa shape index (κ1) is 21.4. The lowest BCUT2D eigenvalue weighted by Crippen LogP contribution is -2.06. The Labute approximate surface area is 168 Å².